The van der Waals surface area contributed by atoms with Crippen molar-refractivity contribution >= 4 is 11.8 Å². The van der Waals surface area contributed by atoms with Crippen molar-refractivity contribution in [3.05, 3.63) is 24.0 Å². The molecule has 0 amide bonds. The zero-order valence-electron chi connectivity index (χ0n) is 10.9. The van der Waals surface area contributed by atoms with Gasteiger partial charge in [0.1, 0.15) is 5.75 Å². The molecular weight excluding hydrogens is 232 g/mol. The number of hydrogen-bond donors (Lipinski definition) is 1. The third-order valence-corrected chi connectivity index (χ3v) is 3.46. The maximum Gasteiger partial charge on any atom is 0.142 e. The number of aromatic nitrogens is 1. The minimum Gasteiger partial charge on any atom is -0.495 e. The van der Waals surface area contributed by atoms with Gasteiger partial charge in [-0.15, -0.1) is 0 Å². The zero-order valence-corrected chi connectivity index (χ0v) is 11.7. The fraction of sp³-hybridized carbons (Fsp3) is 0.615. The van der Waals surface area contributed by atoms with Crippen molar-refractivity contribution in [3.8, 4) is 5.75 Å². The average Bonchev–Trinajstić information content (AvgIpc) is 2.39. The molecule has 0 saturated heterocycles. The van der Waals surface area contributed by atoms with Gasteiger partial charge < -0.3 is 10.1 Å². The highest BCUT2D eigenvalue weighted by molar-refractivity contribution is 7.99. The SMILES string of the molecule is CCCNC(CSCC)c1ncccc1OC. The Balaban J connectivity index is 2.78. The fourth-order valence-corrected chi connectivity index (χ4v) is 2.37. The van der Waals surface area contributed by atoms with Gasteiger partial charge >= 0.3 is 0 Å². The van der Waals surface area contributed by atoms with Crippen LogP contribution in [0, 0.1) is 0 Å². The number of nitrogens with one attached hydrogen (secondary N) is 1. The molecule has 0 fully saturated rings. The Morgan fingerprint density at radius 1 is 1.47 bits per heavy atom. The van der Waals surface area contributed by atoms with Crippen LogP contribution in [0.3, 0.4) is 0 Å². The Kier molecular flexibility index (Phi) is 7.05. The molecule has 0 radical (unpaired) electrons. The van der Waals surface area contributed by atoms with Crippen molar-refractivity contribution in [1.82, 2.24) is 10.3 Å². The van der Waals surface area contributed by atoms with Crippen LogP contribution in [0.25, 0.3) is 0 Å². The van der Waals surface area contributed by atoms with Crippen LogP contribution in [0.15, 0.2) is 18.3 Å². The van der Waals surface area contributed by atoms with Crippen molar-refractivity contribution in [2.45, 2.75) is 26.3 Å². The number of methoxy groups -OCH3 is 1. The molecule has 0 aliphatic rings. The van der Waals surface area contributed by atoms with Crippen LogP contribution in [0.5, 0.6) is 5.75 Å². The monoisotopic (exact) mass is 254 g/mol. The summed E-state index contributed by atoms with van der Waals surface area (Å²) in [6.45, 7) is 5.36. The van der Waals surface area contributed by atoms with Crippen molar-refractivity contribution < 1.29 is 4.74 Å². The van der Waals surface area contributed by atoms with E-state index in [0.29, 0.717) is 0 Å². The molecule has 1 heterocycles. The quantitative estimate of drug-likeness (QED) is 0.773. The van der Waals surface area contributed by atoms with Gasteiger partial charge in [-0.05, 0) is 30.9 Å². The molecule has 1 rings (SSSR count). The Hall–Kier alpha value is -0.740. The normalized spacial score (nSPS) is 12.4. The summed E-state index contributed by atoms with van der Waals surface area (Å²) in [7, 11) is 1.70. The number of nitrogens with zero attached hydrogens (tertiary/aromatic N) is 1. The predicted octanol–water partition coefficient (Wildman–Crippen LogP) is 2.88. The molecule has 0 bridgehead atoms. The van der Waals surface area contributed by atoms with E-state index < -0.39 is 0 Å². The Morgan fingerprint density at radius 3 is 2.94 bits per heavy atom. The van der Waals surface area contributed by atoms with Gasteiger partial charge in [0.15, 0.2) is 0 Å². The van der Waals surface area contributed by atoms with E-state index in [0.717, 1.165) is 35.9 Å². The lowest BCUT2D eigenvalue weighted by atomic mass is 10.2. The van der Waals surface area contributed by atoms with Gasteiger partial charge in [0.05, 0.1) is 18.8 Å². The van der Waals surface area contributed by atoms with E-state index >= 15 is 0 Å². The molecule has 1 atom stereocenters. The average molecular weight is 254 g/mol. The molecule has 96 valence electrons. The largest absolute Gasteiger partial charge is 0.495 e. The van der Waals surface area contributed by atoms with Crippen LogP contribution >= 0.6 is 11.8 Å². The van der Waals surface area contributed by atoms with Crippen molar-refractivity contribution in [3.63, 3.8) is 0 Å². The molecule has 1 unspecified atom stereocenters. The van der Waals surface area contributed by atoms with E-state index in [1.807, 2.05) is 30.1 Å². The maximum atomic E-state index is 5.37. The summed E-state index contributed by atoms with van der Waals surface area (Å²) in [6, 6.07) is 4.15. The highest BCUT2D eigenvalue weighted by Crippen LogP contribution is 2.25. The van der Waals surface area contributed by atoms with Crippen LogP contribution < -0.4 is 10.1 Å². The van der Waals surface area contributed by atoms with Gasteiger partial charge in [0, 0.05) is 11.9 Å². The molecule has 0 aliphatic carbocycles. The Labute approximate surface area is 108 Å². The number of rotatable bonds is 8. The Bertz CT molecular complexity index is 312. The molecular formula is C13H22N2OS. The van der Waals surface area contributed by atoms with Crippen LogP contribution in [0.4, 0.5) is 0 Å². The second kappa shape index (κ2) is 8.37. The summed E-state index contributed by atoms with van der Waals surface area (Å²) in [6.07, 6.45) is 2.96. The van der Waals surface area contributed by atoms with Gasteiger partial charge in [-0.1, -0.05) is 13.8 Å². The van der Waals surface area contributed by atoms with Crippen LogP contribution in [0.2, 0.25) is 0 Å². The number of pyridine rings is 1. The smallest absolute Gasteiger partial charge is 0.142 e. The molecule has 17 heavy (non-hydrogen) atoms. The van der Waals surface area contributed by atoms with Gasteiger partial charge in [-0.3, -0.25) is 4.98 Å². The molecule has 0 spiro atoms. The predicted molar refractivity (Wildman–Crippen MR) is 74.8 cm³/mol. The van der Waals surface area contributed by atoms with E-state index in [4.69, 9.17) is 4.74 Å². The van der Waals surface area contributed by atoms with Crippen LogP contribution in [-0.4, -0.2) is 30.1 Å². The molecule has 0 saturated carbocycles. The summed E-state index contributed by atoms with van der Waals surface area (Å²) >= 11 is 1.92. The summed E-state index contributed by atoms with van der Waals surface area (Å²) in [5, 5.41) is 3.53. The van der Waals surface area contributed by atoms with Crippen LogP contribution in [-0.2, 0) is 0 Å². The van der Waals surface area contributed by atoms with E-state index in [2.05, 4.69) is 24.1 Å². The Morgan fingerprint density at radius 2 is 2.29 bits per heavy atom. The summed E-state index contributed by atoms with van der Waals surface area (Å²) < 4.78 is 5.37. The number of thioether (sulfide) groups is 1. The molecule has 0 aliphatic heterocycles. The first-order valence-corrected chi connectivity index (χ1v) is 7.28. The van der Waals surface area contributed by atoms with E-state index in [1.165, 1.54) is 0 Å². The fourth-order valence-electron chi connectivity index (χ4n) is 1.63. The summed E-state index contributed by atoms with van der Waals surface area (Å²) in [5.74, 6) is 3.03. The topological polar surface area (TPSA) is 34.2 Å². The first-order valence-electron chi connectivity index (χ1n) is 6.13. The minimum atomic E-state index is 0.274. The lowest BCUT2D eigenvalue weighted by Crippen LogP contribution is -2.25. The van der Waals surface area contributed by atoms with E-state index in [9.17, 15) is 0 Å². The molecule has 4 heteroatoms. The highest BCUT2D eigenvalue weighted by Gasteiger charge is 2.16. The van der Waals surface area contributed by atoms with Gasteiger partial charge in [0.25, 0.3) is 0 Å². The highest BCUT2D eigenvalue weighted by atomic mass is 32.2. The van der Waals surface area contributed by atoms with Crippen molar-refractivity contribution in [2.75, 3.05) is 25.2 Å². The van der Waals surface area contributed by atoms with Crippen molar-refractivity contribution in [1.29, 1.82) is 0 Å². The molecule has 1 aromatic rings. The standard InChI is InChI=1S/C13H22N2OS/c1-4-8-14-11(10-17-5-2)13-12(16-3)7-6-9-15-13/h6-7,9,11,14H,4-5,8,10H2,1-3H3. The molecule has 3 nitrogen and oxygen atoms in total. The van der Waals surface area contributed by atoms with Gasteiger partial charge in [-0.25, -0.2) is 0 Å². The lowest BCUT2D eigenvalue weighted by molar-refractivity contribution is 0.398. The second-order valence-electron chi connectivity index (χ2n) is 3.76. The van der Waals surface area contributed by atoms with Gasteiger partial charge in [-0.2, -0.15) is 11.8 Å². The summed E-state index contributed by atoms with van der Waals surface area (Å²) in [4.78, 5) is 4.45. The third kappa shape index (κ3) is 4.56. The zero-order chi connectivity index (χ0) is 12.5. The molecule has 0 aromatic carbocycles. The van der Waals surface area contributed by atoms with Crippen molar-refractivity contribution in [2.24, 2.45) is 0 Å². The number of ether oxygens (including phenoxy) is 1. The van der Waals surface area contributed by atoms with E-state index in [-0.39, 0.29) is 6.04 Å². The summed E-state index contributed by atoms with van der Waals surface area (Å²) in [5.41, 5.74) is 1.02. The first-order chi connectivity index (χ1) is 8.33. The third-order valence-electron chi connectivity index (χ3n) is 2.48. The molecule has 1 aromatic heterocycles. The lowest BCUT2D eigenvalue weighted by Gasteiger charge is -2.19. The first kappa shape index (κ1) is 14.3. The second-order valence-corrected chi connectivity index (χ2v) is 5.08. The molecule has 1 N–H and O–H groups in total. The minimum absolute atomic E-state index is 0.274. The van der Waals surface area contributed by atoms with E-state index in [1.54, 1.807) is 7.11 Å². The maximum absolute atomic E-state index is 5.37. The van der Waals surface area contributed by atoms with Crippen LogP contribution in [0.1, 0.15) is 32.0 Å². The van der Waals surface area contributed by atoms with Gasteiger partial charge in [0.2, 0.25) is 0 Å². The number of hydrogen-bond acceptors (Lipinski definition) is 4.